The SMILES string of the molecule is C/C(C#N)=c1/c(F)c(F)c2c(F)c(=C(C#N)C#N)c(F)c(F)c2c1F. The largest absolute Gasteiger partial charge is 0.205 e. The predicted octanol–water partition coefficient (Wildman–Crippen LogP) is 2.57. The van der Waals surface area contributed by atoms with Crippen LogP contribution in [0.1, 0.15) is 6.92 Å². The van der Waals surface area contributed by atoms with Crippen LogP contribution < -0.4 is 10.4 Å². The Morgan fingerprint density at radius 2 is 1.00 bits per heavy atom. The lowest BCUT2D eigenvalue weighted by molar-refractivity contribution is 0.471. The van der Waals surface area contributed by atoms with Crippen LogP contribution in [0, 0.1) is 68.9 Å². The normalized spacial score (nSPS) is 11.5. The third-order valence-electron chi connectivity index (χ3n) is 3.41. The molecule has 0 aromatic heterocycles. The molecule has 2 aromatic carbocycles. The molecule has 0 aliphatic carbocycles. The van der Waals surface area contributed by atoms with Gasteiger partial charge in [0, 0.05) is 5.57 Å². The highest BCUT2D eigenvalue weighted by Crippen LogP contribution is 2.26. The lowest BCUT2D eigenvalue weighted by atomic mass is 10.0. The maximum Gasteiger partial charge on any atom is 0.171 e. The number of hydrogen-bond donors (Lipinski definition) is 0. The van der Waals surface area contributed by atoms with Gasteiger partial charge in [-0.1, -0.05) is 0 Å². The fraction of sp³-hybridized carbons (Fsp3) is 0.0625. The van der Waals surface area contributed by atoms with Crippen molar-refractivity contribution in [2.45, 2.75) is 6.92 Å². The molecule has 0 aliphatic rings. The maximum atomic E-state index is 14.4. The van der Waals surface area contributed by atoms with Crippen molar-refractivity contribution in [2.24, 2.45) is 0 Å². The standard InChI is InChI=1S/C16H3F6N3/c1-5(2-23)7-11(17)9-10(15(21)13(7)19)12(18)8(6(3-24)4-25)14(20)16(9)22/h1H3/b7-5-. The lowest BCUT2D eigenvalue weighted by Gasteiger charge is -2.09. The minimum atomic E-state index is -2.13. The van der Waals surface area contributed by atoms with E-state index in [1.807, 2.05) is 0 Å². The Labute approximate surface area is 135 Å². The highest BCUT2D eigenvalue weighted by atomic mass is 19.2. The Hall–Kier alpha value is -3.51. The van der Waals surface area contributed by atoms with Crippen molar-refractivity contribution in [3.05, 3.63) is 45.3 Å². The second-order valence-electron chi connectivity index (χ2n) is 4.72. The summed E-state index contributed by atoms with van der Waals surface area (Å²) in [5, 5.41) is 20.0. The molecule has 25 heavy (non-hydrogen) atoms. The summed E-state index contributed by atoms with van der Waals surface area (Å²) in [6.45, 7) is 0.892. The topological polar surface area (TPSA) is 71.4 Å². The highest BCUT2D eigenvalue weighted by molar-refractivity contribution is 5.88. The van der Waals surface area contributed by atoms with Crippen LogP contribution in [-0.4, -0.2) is 0 Å². The Bertz CT molecular complexity index is 1180. The first-order valence-electron chi connectivity index (χ1n) is 6.30. The van der Waals surface area contributed by atoms with E-state index >= 15 is 0 Å². The van der Waals surface area contributed by atoms with E-state index in [0.717, 1.165) is 19.1 Å². The van der Waals surface area contributed by atoms with E-state index in [-0.39, 0.29) is 0 Å². The first kappa shape index (κ1) is 17.8. The second kappa shape index (κ2) is 6.18. The molecule has 0 saturated carbocycles. The number of halogens is 6. The van der Waals surface area contributed by atoms with Crippen molar-refractivity contribution < 1.29 is 26.3 Å². The molecular formula is C16H3F6N3. The lowest BCUT2D eigenvalue weighted by Crippen LogP contribution is -2.25. The molecule has 9 heteroatoms. The van der Waals surface area contributed by atoms with Gasteiger partial charge in [-0.3, -0.25) is 0 Å². The van der Waals surface area contributed by atoms with Crippen LogP contribution in [0.4, 0.5) is 26.3 Å². The van der Waals surface area contributed by atoms with Gasteiger partial charge in [-0.05, 0) is 6.92 Å². The Morgan fingerprint density at radius 1 is 0.600 bits per heavy atom. The summed E-state index contributed by atoms with van der Waals surface area (Å²) >= 11 is 0. The fourth-order valence-electron chi connectivity index (χ4n) is 2.25. The van der Waals surface area contributed by atoms with Crippen LogP contribution in [-0.2, 0) is 0 Å². The molecule has 0 amide bonds. The summed E-state index contributed by atoms with van der Waals surface area (Å²) < 4.78 is 85.2. The summed E-state index contributed by atoms with van der Waals surface area (Å²) in [5.41, 5.74) is -1.94. The number of hydrogen-bond acceptors (Lipinski definition) is 3. The van der Waals surface area contributed by atoms with E-state index < -0.39 is 67.3 Å². The minimum Gasteiger partial charge on any atom is -0.205 e. The van der Waals surface area contributed by atoms with Gasteiger partial charge >= 0.3 is 0 Å². The van der Waals surface area contributed by atoms with E-state index in [1.54, 1.807) is 0 Å². The van der Waals surface area contributed by atoms with Crippen molar-refractivity contribution in [1.29, 1.82) is 15.8 Å². The van der Waals surface area contributed by atoms with E-state index in [1.165, 1.54) is 6.07 Å². The molecule has 124 valence electrons. The quantitative estimate of drug-likeness (QED) is 0.541. The molecular weight excluding hydrogens is 348 g/mol. The number of rotatable bonds is 0. The van der Waals surface area contributed by atoms with Crippen LogP contribution in [0.3, 0.4) is 0 Å². The predicted molar refractivity (Wildman–Crippen MR) is 72.3 cm³/mol. The molecule has 2 rings (SSSR count). The van der Waals surface area contributed by atoms with Gasteiger partial charge in [0.25, 0.3) is 0 Å². The molecule has 0 atom stereocenters. The van der Waals surface area contributed by atoms with E-state index in [2.05, 4.69) is 0 Å². The smallest absolute Gasteiger partial charge is 0.171 e. The number of nitriles is 3. The van der Waals surface area contributed by atoms with Gasteiger partial charge in [0.15, 0.2) is 23.3 Å². The fourth-order valence-corrected chi connectivity index (χ4v) is 2.25. The molecule has 0 radical (unpaired) electrons. The van der Waals surface area contributed by atoms with Gasteiger partial charge in [0.05, 0.1) is 27.3 Å². The Kier molecular flexibility index (Phi) is 4.41. The van der Waals surface area contributed by atoms with Crippen molar-refractivity contribution in [3.63, 3.8) is 0 Å². The van der Waals surface area contributed by atoms with Gasteiger partial charge in [-0.15, -0.1) is 0 Å². The van der Waals surface area contributed by atoms with E-state index in [9.17, 15) is 26.3 Å². The molecule has 0 heterocycles. The Morgan fingerprint density at radius 3 is 1.40 bits per heavy atom. The number of fused-ring (bicyclic) bond motifs is 1. The number of benzene rings is 2. The summed E-state index contributed by atoms with van der Waals surface area (Å²) in [5.74, 6) is -12.2. The van der Waals surface area contributed by atoms with Crippen LogP contribution in [0.15, 0.2) is 0 Å². The summed E-state index contributed by atoms with van der Waals surface area (Å²) in [6.07, 6.45) is 0. The minimum absolute atomic E-state index is 0.693. The zero-order valence-corrected chi connectivity index (χ0v) is 12.1. The van der Waals surface area contributed by atoms with E-state index in [0.29, 0.717) is 0 Å². The molecule has 0 aliphatic heterocycles. The van der Waals surface area contributed by atoms with Crippen LogP contribution in [0.5, 0.6) is 0 Å². The summed E-state index contributed by atoms with van der Waals surface area (Å²) in [6, 6.07) is 3.48. The first-order valence-corrected chi connectivity index (χ1v) is 6.30. The molecule has 0 unspecified atom stereocenters. The molecule has 0 spiro atoms. The van der Waals surface area contributed by atoms with Crippen molar-refractivity contribution in [1.82, 2.24) is 0 Å². The van der Waals surface area contributed by atoms with Gasteiger partial charge in [0.2, 0.25) is 0 Å². The van der Waals surface area contributed by atoms with E-state index in [4.69, 9.17) is 15.8 Å². The molecule has 0 N–H and O–H groups in total. The molecule has 2 aromatic rings. The van der Waals surface area contributed by atoms with Crippen LogP contribution in [0.25, 0.3) is 21.9 Å². The number of nitrogens with zero attached hydrogens (tertiary/aromatic N) is 3. The maximum absolute atomic E-state index is 14.4. The second-order valence-corrected chi connectivity index (χ2v) is 4.72. The third-order valence-corrected chi connectivity index (χ3v) is 3.41. The van der Waals surface area contributed by atoms with Gasteiger partial charge in [-0.25, -0.2) is 26.3 Å². The van der Waals surface area contributed by atoms with Crippen molar-refractivity contribution in [3.8, 4) is 18.2 Å². The summed E-state index contributed by atoms with van der Waals surface area (Å²) in [7, 11) is 0. The molecule has 0 bridgehead atoms. The molecule has 0 saturated heterocycles. The van der Waals surface area contributed by atoms with Crippen molar-refractivity contribution in [2.75, 3.05) is 0 Å². The molecule has 0 fully saturated rings. The van der Waals surface area contributed by atoms with Crippen LogP contribution in [0.2, 0.25) is 0 Å². The van der Waals surface area contributed by atoms with Crippen molar-refractivity contribution >= 4 is 21.9 Å². The zero-order chi connectivity index (χ0) is 19.0. The summed E-state index contributed by atoms with van der Waals surface area (Å²) in [4.78, 5) is 0. The van der Waals surface area contributed by atoms with Gasteiger partial charge in [-0.2, -0.15) is 15.8 Å². The third kappa shape index (κ3) is 2.36. The average Bonchev–Trinajstić information content (AvgIpc) is 2.59. The van der Waals surface area contributed by atoms with Crippen LogP contribution >= 0.6 is 0 Å². The molecule has 3 nitrogen and oxygen atoms in total. The van der Waals surface area contributed by atoms with Gasteiger partial charge in [0.1, 0.15) is 29.3 Å². The zero-order valence-electron chi connectivity index (χ0n) is 12.1. The first-order chi connectivity index (χ1) is 11.7. The van der Waals surface area contributed by atoms with Gasteiger partial charge < -0.3 is 0 Å². The highest BCUT2D eigenvalue weighted by Gasteiger charge is 2.28. The Balaban J connectivity index is 3.45. The monoisotopic (exact) mass is 351 g/mol. The average molecular weight is 351 g/mol.